The van der Waals surface area contributed by atoms with Crippen LogP contribution in [0.3, 0.4) is 0 Å². The van der Waals surface area contributed by atoms with Gasteiger partial charge in [-0.1, -0.05) is 24.3 Å². The molecule has 5 heteroatoms. The average molecular weight is 270 g/mol. The maximum absolute atomic E-state index is 11.0. The molecule has 0 bridgehead atoms. The van der Waals surface area contributed by atoms with E-state index in [9.17, 15) is 4.79 Å². The maximum Gasteiger partial charge on any atom is 0.222 e. The third kappa shape index (κ3) is 3.61. The molecular formula is C15H18N4O. The molecule has 0 saturated heterocycles. The fourth-order valence-electron chi connectivity index (χ4n) is 1.96. The average Bonchev–Trinajstić information content (AvgIpc) is 2.39. The van der Waals surface area contributed by atoms with Gasteiger partial charge in [-0.2, -0.15) is 0 Å². The Bertz CT molecular complexity index is 593. The highest BCUT2D eigenvalue weighted by Crippen LogP contribution is 2.22. The SMILES string of the molecule is CC(=O)Nc1cnc(-c2ccccc2CN(C)C)cn1. The Morgan fingerprint density at radius 2 is 1.95 bits per heavy atom. The molecule has 0 radical (unpaired) electrons. The predicted octanol–water partition coefficient (Wildman–Crippen LogP) is 2.16. The number of nitrogens with zero attached hydrogens (tertiary/aromatic N) is 3. The highest BCUT2D eigenvalue weighted by atomic mass is 16.1. The van der Waals surface area contributed by atoms with Gasteiger partial charge in [0.15, 0.2) is 5.82 Å². The number of rotatable bonds is 4. The quantitative estimate of drug-likeness (QED) is 0.925. The lowest BCUT2D eigenvalue weighted by Crippen LogP contribution is -2.11. The van der Waals surface area contributed by atoms with E-state index in [-0.39, 0.29) is 5.91 Å². The highest BCUT2D eigenvalue weighted by molar-refractivity contribution is 5.87. The van der Waals surface area contributed by atoms with Crippen LogP contribution in [0, 0.1) is 0 Å². The normalized spacial score (nSPS) is 10.6. The number of aromatic nitrogens is 2. The van der Waals surface area contributed by atoms with Crippen molar-refractivity contribution in [3.05, 3.63) is 42.2 Å². The zero-order valence-corrected chi connectivity index (χ0v) is 11.9. The molecule has 1 amide bonds. The van der Waals surface area contributed by atoms with Crippen LogP contribution in [0.15, 0.2) is 36.7 Å². The Kier molecular flexibility index (Phi) is 4.42. The van der Waals surface area contributed by atoms with Crippen molar-refractivity contribution in [3.8, 4) is 11.3 Å². The van der Waals surface area contributed by atoms with Gasteiger partial charge in [-0.15, -0.1) is 0 Å². The molecule has 0 aliphatic carbocycles. The van der Waals surface area contributed by atoms with E-state index in [2.05, 4.69) is 26.3 Å². The molecule has 20 heavy (non-hydrogen) atoms. The van der Waals surface area contributed by atoms with Crippen molar-refractivity contribution in [2.45, 2.75) is 13.5 Å². The number of anilines is 1. The summed E-state index contributed by atoms with van der Waals surface area (Å²) in [4.78, 5) is 21.6. The number of benzene rings is 1. The number of amides is 1. The second kappa shape index (κ2) is 6.25. The van der Waals surface area contributed by atoms with Gasteiger partial charge in [0, 0.05) is 19.0 Å². The Morgan fingerprint density at radius 3 is 2.55 bits per heavy atom. The Labute approximate surface area is 118 Å². The van der Waals surface area contributed by atoms with E-state index in [4.69, 9.17) is 0 Å². The largest absolute Gasteiger partial charge is 0.310 e. The molecule has 0 unspecified atom stereocenters. The van der Waals surface area contributed by atoms with Gasteiger partial charge >= 0.3 is 0 Å². The van der Waals surface area contributed by atoms with Gasteiger partial charge in [0.1, 0.15) is 0 Å². The van der Waals surface area contributed by atoms with E-state index in [0.717, 1.165) is 17.8 Å². The molecule has 1 aromatic heterocycles. The van der Waals surface area contributed by atoms with E-state index in [1.54, 1.807) is 12.4 Å². The highest BCUT2D eigenvalue weighted by Gasteiger charge is 2.07. The molecule has 2 aromatic rings. The molecule has 0 atom stereocenters. The summed E-state index contributed by atoms with van der Waals surface area (Å²) in [6.45, 7) is 2.28. The van der Waals surface area contributed by atoms with Gasteiger partial charge in [-0.05, 0) is 19.7 Å². The van der Waals surface area contributed by atoms with Crippen molar-refractivity contribution < 1.29 is 4.79 Å². The molecule has 104 valence electrons. The molecule has 5 nitrogen and oxygen atoms in total. The monoisotopic (exact) mass is 270 g/mol. The fraction of sp³-hybridized carbons (Fsp3) is 0.267. The minimum Gasteiger partial charge on any atom is -0.310 e. The van der Waals surface area contributed by atoms with Crippen LogP contribution in [-0.2, 0) is 11.3 Å². The first-order valence-corrected chi connectivity index (χ1v) is 6.39. The van der Waals surface area contributed by atoms with Crippen molar-refractivity contribution in [1.29, 1.82) is 0 Å². The minimum absolute atomic E-state index is 0.153. The predicted molar refractivity (Wildman–Crippen MR) is 79.2 cm³/mol. The summed E-state index contributed by atoms with van der Waals surface area (Å²) in [6.07, 6.45) is 3.25. The summed E-state index contributed by atoms with van der Waals surface area (Å²) >= 11 is 0. The van der Waals surface area contributed by atoms with Crippen LogP contribution in [0.1, 0.15) is 12.5 Å². The smallest absolute Gasteiger partial charge is 0.222 e. The summed E-state index contributed by atoms with van der Waals surface area (Å²) in [5, 5.41) is 2.61. The molecule has 1 heterocycles. The van der Waals surface area contributed by atoms with Crippen LogP contribution in [0.25, 0.3) is 11.3 Å². The number of carbonyl (C=O) groups is 1. The first-order valence-electron chi connectivity index (χ1n) is 6.39. The van der Waals surface area contributed by atoms with Gasteiger partial charge < -0.3 is 10.2 Å². The molecule has 0 aliphatic heterocycles. The van der Waals surface area contributed by atoms with Gasteiger partial charge in [0.05, 0.1) is 18.1 Å². The van der Waals surface area contributed by atoms with Crippen molar-refractivity contribution >= 4 is 11.7 Å². The lowest BCUT2D eigenvalue weighted by Gasteiger charge is -2.13. The van der Waals surface area contributed by atoms with E-state index in [1.807, 2.05) is 32.3 Å². The van der Waals surface area contributed by atoms with E-state index < -0.39 is 0 Å². The number of nitrogens with one attached hydrogen (secondary N) is 1. The standard InChI is InChI=1S/C15H18N4O/c1-11(20)18-15-9-16-14(8-17-15)13-7-5-4-6-12(13)10-19(2)3/h4-9H,10H2,1-3H3,(H,17,18,20). The summed E-state index contributed by atoms with van der Waals surface area (Å²) < 4.78 is 0. The third-order valence-electron chi connectivity index (χ3n) is 2.74. The van der Waals surface area contributed by atoms with E-state index >= 15 is 0 Å². The van der Waals surface area contributed by atoms with Gasteiger partial charge in [0.25, 0.3) is 0 Å². The Balaban J connectivity index is 2.29. The molecular weight excluding hydrogens is 252 g/mol. The van der Waals surface area contributed by atoms with E-state index in [1.165, 1.54) is 12.5 Å². The Morgan fingerprint density at radius 1 is 1.20 bits per heavy atom. The topological polar surface area (TPSA) is 58.1 Å². The zero-order valence-electron chi connectivity index (χ0n) is 11.9. The number of hydrogen-bond acceptors (Lipinski definition) is 4. The van der Waals surface area contributed by atoms with Crippen molar-refractivity contribution in [2.75, 3.05) is 19.4 Å². The van der Waals surface area contributed by atoms with Crippen LogP contribution in [0.5, 0.6) is 0 Å². The number of hydrogen-bond donors (Lipinski definition) is 1. The van der Waals surface area contributed by atoms with Gasteiger partial charge in [-0.25, -0.2) is 4.98 Å². The van der Waals surface area contributed by atoms with Gasteiger partial charge in [0.2, 0.25) is 5.91 Å². The first kappa shape index (κ1) is 14.1. The van der Waals surface area contributed by atoms with Gasteiger partial charge in [-0.3, -0.25) is 9.78 Å². The van der Waals surface area contributed by atoms with Crippen molar-refractivity contribution in [1.82, 2.24) is 14.9 Å². The van der Waals surface area contributed by atoms with Crippen LogP contribution in [-0.4, -0.2) is 34.9 Å². The number of carbonyl (C=O) groups excluding carboxylic acids is 1. The molecule has 2 rings (SSSR count). The van der Waals surface area contributed by atoms with Crippen molar-refractivity contribution in [2.24, 2.45) is 0 Å². The summed E-state index contributed by atoms with van der Waals surface area (Å²) in [6, 6.07) is 8.11. The second-order valence-electron chi connectivity index (χ2n) is 4.86. The minimum atomic E-state index is -0.153. The fourth-order valence-corrected chi connectivity index (χ4v) is 1.96. The molecule has 0 saturated carbocycles. The third-order valence-corrected chi connectivity index (χ3v) is 2.74. The van der Waals surface area contributed by atoms with Crippen LogP contribution < -0.4 is 5.32 Å². The molecule has 0 spiro atoms. The molecule has 1 aromatic carbocycles. The lowest BCUT2D eigenvalue weighted by atomic mass is 10.0. The second-order valence-corrected chi connectivity index (χ2v) is 4.86. The maximum atomic E-state index is 11.0. The van der Waals surface area contributed by atoms with Crippen molar-refractivity contribution in [3.63, 3.8) is 0 Å². The summed E-state index contributed by atoms with van der Waals surface area (Å²) in [7, 11) is 4.06. The molecule has 1 N–H and O–H groups in total. The van der Waals surface area contributed by atoms with E-state index in [0.29, 0.717) is 5.82 Å². The molecule has 0 fully saturated rings. The van der Waals surface area contributed by atoms with Crippen LogP contribution >= 0.6 is 0 Å². The lowest BCUT2D eigenvalue weighted by molar-refractivity contribution is -0.114. The summed E-state index contributed by atoms with van der Waals surface area (Å²) in [5.74, 6) is 0.311. The zero-order chi connectivity index (χ0) is 14.5. The molecule has 0 aliphatic rings. The summed E-state index contributed by atoms with van der Waals surface area (Å²) in [5.41, 5.74) is 3.05. The van der Waals surface area contributed by atoms with Crippen LogP contribution in [0.4, 0.5) is 5.82 Å². The van der Waals surface area contributed by atoms with Crippen LogP contribution in [0.2, 0.25) is 0 Å². The Hall–Kier alpha value is -2.27. The first-order chi connectivity index (χ1) is 9.56.